The van der Waals surface area contributed by atoms with E-state index in [2.05, 4.69) is 20.8 Å². The van der Waals surface area contributed by atoms with Gasteiger partial charge in [-0.15, -0.1) is 0 Å². The fourth-order valence-corrected chi connectivity index (χ4v) is 1.08. The summed E-state index contributed by atoms with van der Waals surface area (Å²) in [5.41, 5.74) is 3.02. The number of epoxide rings is 1. The summed E-state index contributed by atoms with van der Waals surface area (Å²) in [5.74, 6) is 0. The first-order chi connectivity index (χ1) is 5.20. The highest BCUT2D eigenvalue weighted by Crippen LogP contribution is 2.19. The Hall–Kier alpha value is -0.300. The second kappa shape index (κ2) is 3.91. The minimum atomic E-state index is 0.611. The molecule has 0 amide bonds. The van der Waals surface area contributed by atoms with Crippen LogP contribution in [0.5, 0.6) is 0 Å². The van der Waals surface area contributed by atoms with Crippen LogP contribution in [0.4, 0.5) is 0 Å². The number of hydrogen-bond acceptors (Lipinski definition) is 1. The van der Waals surface area contributed by atoms with Crippen molar-refractivity contribution in [1.29, 1.82) is 0 Å². The number of hydrogen-bond donors (Lipinski definition) is 0. The highest BCUT2D eigenvalue weighted by atomic mass is 16.6. The Morgan fingerprint density at radius 1 is 1.36 bits per heavy atom. The molecule has 1 atom stereocenters. The van der Waals surface area contributed by atoms with Crippen LogP contribution in [0.1, 0.15) is 40.0 Å². The van der Waals surface area contributed by atoms with Gasteiger partial charge in [-0.2, -0.15) is 0 Å². The SMILES string of the molecule is CC(C)=C(C)CCCC1CO1. The van der Waals surface area contributed by atoms with Gasteiger partial charge in [0.05, 0.1) is 12.7 Å². The summed E-state index contributed by atoms with van der Waals surface area (Å²) in [6, 6.07) is 0. The van der Waals surface area contributed by atoms with Gasteiger partial charge in [-0.3, -0.25) is 0 Å². The third kappa shape index (κ3) is 3.57. The molecule has 0 radical (unpaired) electrons. The molecular weight excluding hydrogens is 136 g/mol. The van der Waals surface area contributed by atoms with Crippen LogP contribution >= 0.6 is 0 Å². The van der Waals surface area contributed by atoms with E-state index in [1.807, 2.05) is 0 Å². The predicted octanol–water partition coefficient (Wildman–Crippen LogP) is 2.91. The lowest BCUT2D eigenvalue weighted by Crippen LogP contribution is -1.87. The highest BCUT2D eigenvalue weighted by molar-refractivity contribution is 5.06. The van der Waals surface area contributed by atoms with Gasteiger partial charge in [-0.1, -0.05) is 11.1 Å². The third-order valence-electron chi connectivity index (χ3n) is 2.33. The summed E-state index contributed by atoms with van der Waals surface area (Å²) in [4.78, 5) is 0. The molecule has 1 aliphatic rings. The molecule has 0 bridgehead atoms. The Kier molecular flexibility index (Phi) is 3.13. The van der Waals surface area contributed by atoms with E-state index in [1.54, 1.807) is 5.57 Å². The Morgan fingerprint density at radius 3 is 2.45 bits per heavy atom. The van der Waals surface area contributed by atoms with Gasteiger partial charge in [0.1, 0.15) is 0 Å². The summed E-state index contributed by atoms with van der Waals surface area (Å²) in [5, 5.41) is 0. The van der Waals surface area contributed by atoms with Crippen molar-refractivity contribution >= 4 is 0 Å². The van der Waals surface area contributed by atoms with Gasteiger partial charge in [0.2, 0.25) is 0 Å². The fraction of sp³-hybridized carbons (Fsp3) is 0.800. The van der Waals surface area contributed by atoms with Crippen LogP contribution in [0, 0.1) is 0 Å². The zero-order valence-corrected chi connectivity index (χ0v) is 7.81. The van der Waals surface area contributed by atoms with E-state index in [-0.39, 0.29) is 0 Å². The topological polar surface area (TPSA) is 12.5 Å². The van der Waals surface area contributed by atoms with E-state index >= 15 is 0 Å². The molecule has 0 saturated carbocycles. The maximum atomic E-state index is 5.13. The summed E-state index contributed by atoms with van der Waals surface area (Å²) in [7, 11) is 0. The summed E-state index contributed by atoms with van der Waals surface area (Å²) >= 11 is 0. The Balaban J connectivity index is 2.05. The molecule has 0 aromatic carbocycles. The molecule has 1 unspecified atom stereocenters. The van der Waals surface area contributed by atoms with E-state index in [9.17, 15) is 0 Å². The Morgan fingerprint density at radius 2 is 2.00 bits per heavy atom. The van der Waals surface area contributed by atoms with Crippen molar-refractivity contribution in [3.8, 4) is 0 Å². The van der Waals surface area contributed by atoms with Crippen molar-refractivity contribution in [2.45, 2.75) is 46.1 Å². The summed E-state index contributed by atoms with van der Waals surface area (Å²) < 4.78 is 5.13. The van der Waals surface area contributed by atoms with E-state index in [1.165, 1.54) is 24.8 Å². The van der Waals surface area contributed by atoms with Gasteiger partial charge < -0.3 is 4.74 Å². The molecule has 1 saturated heterocycles. The lowest BCUT2D eigenvalue weighted by Gasteiger charge is -2.01. The van der Waals surface area contributed by atoms with Crippen LogP contribution in [0.2, 0.25) is 0 Å². The number of rotatable bonds is 4. The number of allylic oxidation sites excluding steroid dienone is 2. The molecule has 1 heteroatoms. The molecule has 1 fully saturated rings. The molecule has 0 aliphatic carbocycles. The maximum Gasteiger partial charge on any atom is 0.0810 e. The Bertz CT molecular complexity index is 150. The fourth-order valence-electron chi connectivity index (χ4n) is 1.08. The second-order valence-corrected chi connectivity index (χ2v) is 3.63. The Labute approximate surface area is 69.4 Å². The van der Waals surface area contributed by atoms with E-state index in [4.69, 9.17) is 4.74 Å². The smallest absolute Gasteiger partial charge is 0.0810 e. The van der Waals surface area contributed by atoms with Gasteiger partial charge in [-0.05, 0) is 40.0 Å². The van der Waals surface area contributed by atoms with Crippen molar-refractivity contribution in [3.63, 3.8) is 0 Å². The zero-order chi connectivity index (χ0) is 8.27. The largest absolute Gasteiger partial charge is 0.373 e. The highest BCUT2D eigenvalue weighted by Gasteiger charge is 2.20. The monoisotopic (exact) mass is 154 g/mol. The van der Waals surface area contributed by atoms with Gasteiger partial charge in [0, 0.05) is 0 Å². The molecule has 1 rings (SSSR count). The van der Waals surface area contributed by atoms with Gasteiger partial charge >= 0.3 is 0 Å². The predicted molar refractivity (Wildman–Crippen MR) is 47.6 cm³/mol. The van der Waals surface area contributed by atoms with Crippen LogP contribution in [0.15, 0.2) is 11.1 Å². The standard InChI is InChI=1S/C10H18O/c1-8(2)9(3)5-4-6-10-7-11-10/h10H,4-7H2,1-3H3. The average molecular weight is 154 g/mol. The summed E-state index contributed by atoms with van der Waals surface area (Å²) in [6.45, 7) is 7.60. The molecule has 1 nitrogen and oxygen atoms in total. The van der Waals surface area contributed by atoms with Crippen molar-refractivity contribution in [2.24, 2.45) is 0 Å². The first kappa shape index (κ1) is 8.79. The molecule has 0 spiro atoms. The van der Waals surface area contributed by atoms with E-state index in [0.717, 1.165) is 6.61 Å². The maximum absolute atomic E-state index is 5.13. The molecule has 1 aliphatic heterocycles. The van der Waals surface area contributed by atoms with Crippen molar-refractivity contribution in [1.82, 2.24) is 0 Å². The molecule has 0 aromatic heterocycles. The molecule has 0 aromatic rings. The van der Waals surface area contributed by atoms with Crippen LogP contribution < -0.4 is 0 Å². The van der Waals surface area contributed by atoms with Crippen molar-refractivity contribution < 1.29 is 4.74 Å². The minimum absolute atomic E-state index is 0.611. The van der Waals surface area contributed by atoms with E-state index < -0.39 is 0 Å². The molecule has 64 valence electrons. The molecular formula is C10H18O. The lowest BCUT2D eigenvalue weighted by molar-refractivity contribution is 0.392. The van der Waals surface area contributed by atoms with Crippen LogP contribution in [-0.4, -0.2) is 12.7 Å². The molecule has 11 heavy (non-hydrogen) atoms. The first-order valence-corrected chi connectivity index (χ1v) is 4.44. The quantitative estimate of drug-likeness (QED) is 0.448. The second-order valence-electron chi connectivity index (χ2n) is 3.63. The number of ether oxygens (including phenoxy) is 1. The van der Waals surface area contributed by atoms with Crippen LogP contribution in [0.25, 0.3) is 0 Å². The zero-order valence-electron chi connectivity index (χ0n) is 7.81. The van der Waals surface area contributed by atoms with Gasteiger partial charge in [0.25, 0.3) is 0 Å². The molecule has 1 heterocycles. The third-order valence-corrected chi connectivity index (χ3v) is 2.33. The van der Waals surface area contributed by atoms with Crippen molar-refractivity contribution in [2.75, 3.05) is 6.61 Å². The van der Waals surface area contributed by atoms with Crippen molar-refractivity contribution in [3.05, 3.63) is 11.1 Å². The van der Waals surface area contributed by atoms with Crippen LogP contribution in [-0.2, 0) is 4.74 Å². The average Bonchev–Trinajstić information content (AvgIpc) is 2.71. The minimum Gasteiger partial charge on any atom is -0.373 e. The summed E-state index contributed by atoms with van der Waals surface area (Å²) in [6.07, 6.45) is 4.41. The van der Waals surface area contributed by atoms with Gasteiger partial charge in [0.15, 0.2) is 0 Å². The van der Waals surface area contributed by atoms with Crippen LogP contribution in [0.3, 0.4) is 0 Å². The molecule has 0 N–H and O–H groups in total. The van der Waals surface area contributed by atoms with Gasteiger partial charge in [-0.25, -0.2) is 0 Å². The van der Waals surface area contributed by atoms with E-state index in [0.29, 0.717) is 6.10 Å². The lowest BCUT2D eigenvalue weighted by atomic mass is 10.1. The normalized spacial score (nSPS) is 21.5. The first-order valence-electron chi connectivity index (χ1n) is 4.44.